The number of amides is 1. The second kappa shape index (κ2) is 5.53. The van der Waals surface area contributed by atoms with Gasteiger partial charge in [-0.15, -0.1) is 0 Å². The van der Waals surface area contributed by atoms with Gasteiger partial charge in [0.25, 0.3) is 0 Å². The predicted molar refractivity (Wildman–Crippen MR) is 79.5 cm³/mol. The molecule has 2 heterocycles. The van der Waals surface area contributed by atoms with Crippen LogP contribution in [-0.2, 0) is 9.53 Å². The first-order chi connectivity index (χ1) is 10.6. The quantitative estimate of drug-likeness (QED) is 0.618. The fourth-order valence-corrected chi connectivity index (χ4v) is 3.24. The smallest absolute Gasteiger partial charge is 0.249 e. The Morgan fingerprint density at radius 1 is 1.45 bits per heavy atom. The van der Waals surface area contributed by atoms with Crippen molar-refractivity contribution in [2.45, 2.75) is 37.6 Å². The normalized spacial score (nSPS) is 28.0. The molecule has 22 heavy (non-hydrogen) atoms. The number of carbonyl (C=O) groups excluding carboxylic acids is 1. The van der Waals surface area contributed by atoms with Gasteiger partial charge in [0.15, 0.2) is 6.23 Å². The second-order valence-electron chi connectivity index (χ2n) is 5.77. The van der Waals surface area contributed by atoms with Gasteiger partial charge in [0.1, 0.15) is 0 Å². The number of hydrogen-bond donors (Lipinski definition) is 0. The molecule has 0 radical (unpaired) electrons. The Kier molecular flexibility index (Phi) is 3.70. The summed E-state index contributed by atoms with van der Waals surface area (Å²) in [4.78, 5) is 24.8. The van der Waals surface area contributed by atoms with E-state index in [1.54, 1.807) is 17.9 Å². The first-order valence-corrected chi connectivity index (χ1v) is 7.40. The standard InChI is InChI=1S/C16H18N2O4/c1-2-13(18(20)21)10-16-9-8-14(19)17(16)15(22-11-16)12-6-4-3-5-7-12/h3-9,13,15H,2,10-11H2,1H3/t13?,15-,16-/m1/s1. The van der Waals surface area contributed by atoms with E-state index in [0.717, 1.165) is 5.56 Å². The zero-order valence-electron chi connectivity index (χ0n) is 12.3. The minimum Gasteiger partial charge on any atom is -0.351 e. The van der Waals surface area contributed by atoms with E-state index in [-0.39, 0.29) is 17.3 Å². The van der Waals surface area contributed by atoms with E-state index in [2.05, 4.69) is 0 Å². The molecule has 6 nitrogen and oxygen atoms in total. The number of carbonyl (C=O) groups is 1. The van der Waals surface area contributed by atoms with Crippen LogP contribution >= 0.6 is 0 Å². The SMILES string of the molecule is CCC(C[C@@]12C=CC(=O)N1[C@@H](c1ccccc1)OC2)[N+](=O)[O-]. The van der Waals surface area contributed by atoms with Gasteiger partial charge in [-0.3, -0.25) is 19.8 Å². The fraction of sp³-hybridized carbons (Fsp3) is 0.438. The van der Waals surface area contributed by atoms with Gasteiger partial charge in [0.2, 0.25) is 11.9 Å². The van der Waals surface area contributed by atoms with E-state index in [1.807, 2.05) is 30.3 Å². The van der Waals surface area contributed by atoms with Crippen LogP contribution in [0.1, 0.15) is 31.6 Å². The zero-order chi connectivity index (χ0) is 15.7. The second-order valence-corrected chi connectivity index (χ2v) is 5.77. The molecule has 0 saturated carbocycles. The summed E-state index contributed by atoms with van der Waals surface area (Å²) >= 11 is 0. The molecule has 1 saturated heterocycles. The number of ether oxygens (including phenoxy) is 1. The van der Waals surface area contributed by atoms with Crippen LogP contribution in [0.4, 0.5) is 0 Å². The van der Waals surface area contributed by atoms with Crippen LogP contribution in [0.3, 0.4) is 0 Å². The van der Waals surface area contributed by atoms with Crippen molar-refractivity contribution in [3.05, 3.63) is 58.2 Å². The molecule has 116 valence electrons. The van der Waals surface area contributed by atoms with Gasteiger partial charge in [0.05, 0.1) is 12.1 Å². The van der Waals surface area contributed by atoms with E-state index in [0.29, 0.717) is 13.0 Å². The summed E-state index contributed by atoms with van der Waals surface area (Å²) < 4.78 is 5.84. The highest BCUT2D eigenvalue weighted by atomic mass is 16.6. The van der Waals surface area contributed by atoms with Crippen molar-refractivity contribution in [1.29, 1.82) is 0 Å². The Bertz CT molecular complexity index is 616. The van der Waals surface area contributed by atoms with Gasteiger partial charge in [-0.2, -0.15) is 0 Å². The Morgan fingerprint density at radius 2 is 2.18 bits per heavy atom. The van der Waals surface area contributed by atoms with Crippen molar-refractivity contribution in [3.8, 4) is 0 Å². The Morgan fingerprint density at radius 3 is 2.82 bits per heavy atom. The topological polar surface area (TPSA) is 72.7 Å². The number of benzene rings is 1. The number of nitro groups is 1. The number of nitrogens with zero attached hydrogens (tertiary/aromatic N) is 2. The molecular formula is C16H18N2O4. The minimum absolute atomic E-state index is 0.149. The Labute approximate surface area is 128 Å². The summed E-state index contributed by atoms with van der Waals surface area (Å²) in [5.74, 6) is -0.149. The van der Waals surface area contributed by atoms with Crippen LogP contribution in [0, 0.1) is 10.1 Å². The largest absolute Gasteiger partial charge is 0.351 e. The third-order valence-corrected chi connectivity index (χ3v) is 4.42. The summed E-state index contributed by atoms with van der Waals surface area (Å²) in [6, 6.07) is 8.79. The predicted octanol–water partition coefficient (Wildman–Crippen LogP) is 2.30. The maximum absolute atomic E-state index is 12.3. The highest BCUT2D eigenvalue weighted by Gasteiger charge is 2.53. The molecule has 1 unspecified atom stereocenters. The van der Waals surface area contributed by atoms with Gasteiger partial charge in [0, 0.05) is 29.4 Å². The lowest BCUT2D eigenvalue weighted by Crippen LogP contribution is -2.47. The molecule has 6 heteroatoms. The van der Waals surface area contributed by atoms with Crippen molar-refractivity contribution in [1.82, 2.24) is 4.90 Å². The molecule has 2 aliphatic rings. The average Bonchev–Trinajstić information content (AvgIpc) is 3.04. The molecule has 0 aromatic heterocycles. The lowest BCUT2D eigenvalue weighted by atomic mass is 9.91. The maximum atomic E-state index is 12.3. The lowest BCUT2D eigenvalue weighted by Gasteiger charge is -2.32. The number of hydrogen-bond acceptors (Lipinski definition) is 4. The highest BCUT2D eigenvalue weighted by Crippen LogP contribution is 2.44. The molecule has 0 bridgehead atoms. The first kappa shape index (κ1) is 14.7. The fourth-order valence-electron chi connectivity index (χ4n) is 3.24. The molecule has 0 aliphatic carbocycles. The molecule has 0 N–H and O–H groups in total. The molecule has 1 fully saturated rings. The van der Waals surface area contributed by atoms with Gasteiger partial charge >= 0.3 is 0 Å². The molecule has 3 rings (SSSR count). The van der Waals surface area contributed by atoms with Gasteiger partial charge in [-0.1, -0.05) is 43.3 Å². The molecular weight excluding hydrogens is 284 g/mol. The number of fused-ring (bicyclic) bond motifs is 1. The lowest BCUT2D eigenvalue weighted by molar-refractivity contribution is -0.525. The van der Waals surface area contributed by atoms with Crippen molar-refractivity contribution in [2.24, 2.45) is 0 Å². The van der Waals surface area contributed by atoms with E-state index < -0.39 is 17.8 Å². The van der Waals surface area contributed by atoms with Crippen LogP contribution in [-0.4, -0.2) is 33.9 Å². The van der Waals surface area contributed by atoms with Crippen LogP contribution in [0.15, 0.2) is 42.5 Å². The highest BCUT2D eigenvalue weighted by molar-refractivity contribution is 5.92. The van der Waals surface area contributed by atoms with Crippen molar-refractivity contribution < 1.29 is 14.5 Å². The van der Waals surface area contributed by atoms with Crippen molar-refractivity contribution in [2.75, 3.05) is 6.61 Å². The third-order valence-electron chi connectivity index (χ3n) is 4.42. The Balaban J connectivity index is 1.90. The summed E-state index contributed by atoms with van der Waals surface area (Å²) in [5.41, 5.74) is 0.182. The molecule has 1 aromatic carbocycles. The van der Waals surface area contributed by atoms with Gasteiger partial charge < -0.3 is 4.74 Å². The van der Waals surface area contributed by atoms with Crippen LogP contribution in [0.25, 0.3) is 0 Å². The number of rotatable bonds is 5. The first-order valence-electron chi connectivity index (χ1n) is 7.40. The van der Waals surface area contributed by atoms with E-state index in [4.69, 9.17) is 4.74 Å². The van der Waals surface area contributed by atoms with Gasteiger partial charge in [-0.25, -0.2) is 0 Å². The van der Waals surface area contributed by atoms with Crippen LogP contribution in [0.5, 0.6) is 0 Å². The third kappa shape index (κ3) is 2.29. The average molecular weight is 302 g/mol. The molecule has 2 aliphatic heterocycles. The monoisotopic (exact) mass is 302 g/mol. The molecule has 1 aromatic rings. The van der Waals surface area contributed by atoms with Crippen molar-refractivity contribution >= 4 is 5.91 Å². The summed E-state index contributed by atoms with van der Waals surface area (Å²) in [6.45, 7) is 2.08. The van der Waals surface area contributed by atoms with Crippen LogP contribution in [0.2, 0.25) is 0 Å². The molecule has 0 spiro atoms. The van der Waals surface area contributed by atoms with Crippen molar-refractivity contribution in [3.63, 3.8) is 0 Å². The van der Waals surface area contributed by atoms with E-state index >= 15 is 0 Å². The summed E-state index contributed by atoms with van der Waals surface area (Å²) in [6.07, 6.45) is 3.51. The minimum atomic E-state index is -0.703. The maximum Gasteiger partial charge on any atom is 0.249 e. The van der Waals surface area contributed by atoms with Gasteiger partial charge in [-0.05, 0) is 0 Å². The van der Waals surface area contributed by atoms with E-state index in [9.17, 15) is 14.9 Å². The molecule has 1 amide bonds. The Hall–Kier alpha value is -2.21. The summed E-state index contributed by atoms with van der Waals surface area (Å²) in [7, 11) is 0. The van der Waals surface area contributed by atoms with E-state index in [1.165, 1.54) is 6.08 Å². The zero-order valence-corrected chi connectivity index (χ0v) is 12.3. The van der Waals surface area contributed by atoms with Crippen LogP contribution < -0.4 is 0 Å². The molecule has 3 atom stereocenters. The summed E-state index contributed by atoms with van der Waals surface area (Å²) in [5, 5.41) is 11.2.